The van der Waals surface area contributed by atoms with Crippen LogP contribution in [0.3, 0.4) is 0 Å². The van der Waals surface area contributed by atoms with Gasteiger partial charge in [0.2, 0.25) is 0 Å². The lowest BCUT2D eigenvalue weighted by Gasteiger charge is -2.13. The van der Waals surface area contributed by atoms with E-state index in [2.05, 4.69) is 359 Å². The van der Waals surface area contributed by atoms with E-state index in [1.807, 2.05) is 97.5 Å². The predicted octanol–water partition coefficient (Wildman–Crippen LogP) is 27.4. The Morgan fingerprint density at radius 2 is 0.465 bits per heavy atom. The molecule has 0 amide bonds. The van der Waals surface area contributed by atoms with Crippen molar-refractivity contribution in [2.45, 2.75) is 0 Å². The largest absolute Gasteiger partial charge is 0.308 e. The lowest BCUT2D eigenvalue weighted by molar-refractivity contribution is 1.15. The number of hydrogen-bond donors (Lipinski definition) is 0. The molecule has 0 N–H and O–H groups in total. The Kier molecular flexibility index (Phi) is 19.4. The minimum Gasteiger partial charge on any atom is -0.308 e. The molecule has 0 aliphatic carbocycles. The van der Waals surface area contributed by atoms with Crippen molar-refractivity contribution >= 4 is 114 Å². The van der Waals surface area contributed by atoms with Crippen LogP contribution < -0.4 is 0 Å². The molecule has 9 aromatic heterocycles. The Labute approximate surface area is 683 Å². The van der Waals surface area contributed by atoms with Gasteiger partial charge in [-0.25, -0.2) is 19.9 Å². The molecule has 0 atom stereocenters. The molecule has 0 spiro atoms. The quantitative estimate of drug-likeness (QED) is 0.120. The van der Waals surface area contributed by atoms with Crippen molar-refractivity contribution in [2.75, 3.05) is 0 Å². The number of rotatable bonds is 12. The zero-order valence-corrected chi connectivity index (χ0v) is 65.9. The van der Waals surface area contributed by atoms with E-state index in [0.29, 0.717) is 5.82 Å². The van der Waals surface area contributed by atoms with Gasteiger partial charge in [-0.1, -0.05) is 266 Å². The van der Waals surface area contributed by atoms with Gasteiger partial charge in [0.05, 0.1) is 83.8 Å². The average molecular weight is 1660 g/mol. The van der Waals surface area contributed by atoms with Gasteiger partial charge in [-0.15, -0.1) is 0 Å². The Morgan fingerprint density at radius 3 is 0.825 bits per heavy atom. The zero-order chi connectivity index (χ0) is 76.4. The van der Waals surface area contributed by atoms with E-state index in [9.17, 15) is 0 Å². The fraction of sp³-hybridized carbons (Fsp3) is 0. The first-order valence-corrected chi connectivity index (χ1v) is 39.8. The second kappa shape index (κ2) is 31.2. The standard InChI is InChI=1S/2C34H22BrN3.C33H21BrN4/c35-27-16-17-29-33(22-27)38(32-15-8-18-36-34(29)32)28-14-7-13-25(19-28)26-20-30(23-9-3-1-4-10-23)37-31(21-26)24-11-5-2-6-12-24;35-27-16-17-29-33(22-27)38(32-15-8-18-36-34(29)32)28-14-7-13-25(19-28)31-21-26(23-9-3-1-4-10-23)20-30(37-31)24-11-5-2-6-12-24;34-25-16-17-27-31(20-25)38(30-15-8-18-35-32(27)30)26-14-7-13-24(19-26)33-36-28(22-9-3-1-4-10-22)21-29(37-33)23-11-5-2-6-12-23/h2*1-22H;1-21H. The van der Waals surface area contributed by atoms with Crippen LogP contribution in [0.4, 0.5) is 0 Å². The van der Waals surface area contributed by atoms with Gasteiger partial charge >= 0.3 is 0 Å². The van der Waals surface area contributed by atoms with Crippen LogP contribution in [-0.2, 0) is 0 Å². The van der Waals surface area contributed by atoms with Crippen LogP contribution >= 0.6 is 47.8 Å². The van der Waals surface area contributed by atoms with Crippen molar-refractivity contribution in [1.29, 1.82) is 0 Å². The van der Waals surface area contributed by atoms with Crippen LogP contribution in [0.5, 0.6) is 0 Å². The summed E-state index contributed by atoms with van der Waals surface area (Å²) in [6.45, 7) is 0. The van der Waals surface area contributed by atoms with Crippen molar-refractivity contribution in [1.82, 2.24) is 48.6 Å². The van der Waals surface area contributed by atoms with Gasteiger partial charge < -0.3 is 13.7 Å². The molecule has 9 heterocycles. The molecular formula is C101H65Br3N10. The number of hydrogen-bond acceptors (Lipinski definition) is 7. The molecule has 12 aromatic carbocycles. The van der Waals surface area contributed by atoms with Gasteiger partial charge in [-0.05, 0) is 180 Å². The maximum Gasteiger partial charge on any atom is 0.160 e. The molecule has 0 bridgehead atoms. The van der Waals surface area contributed by atoms with Crippen LogP contribution in [0.25, 0.3) is 184 Å². The van der Waals surface area contributed by atoms with E-state index < -0.39 is 0 Å². The first-order valence-electron chi connectivity index (χ1n) is 37.5. The third-order valence-electron chi connectivity index (χ3n) is 20.5. The summed E-state index contributed by atoms with van der Waals surface area (Å²) in [5.41, 5.74) is 30.3. The van der Waals surface area contributed by atoms with E-state index in [-0.39, 0.29) is 0 Å². The fourth-order valence-corrected chi connectivity index (χ4v) is 16.2. The highest BCUT2D eigenvalue weighted by atomic mass is 79.9. The van der Waals surface area contributed by atoms with Crippen molar-refractivity contribution in [2.24, 2.45) is 0 Å². The molecule has 114 heavy (non-hydrogen) atoms. The SMILES string of the molecule is Brc1ccc2c3ncccc3n(-c3cccc(-c4cc(-c5ccccc5)cc(-c5ccccc5)n4)c3)c2c1.Brc1ccc2c3ncccc3n(-c3cccc(-c4cc(-c5ccccc5)nc(-c5ccccc5)c4)c3)c2c1.Brc1ccc2c3ncccc3n(-c3cccc(-c4nc(-c5ccccc5)cc(-c5ccccc5)n4)c3)c2c1. The topological polar surface area (TPSA) is 105 Å². The van der Waals surface area contributed by atoms with Crippen LogP contribution in [-0.4, -0.2) is 48.6 Å². The molecule has 0 unspecified atom stereocenters. The molecule has 21 rings (SSSR count). The summed E-state index contributed by atoms with van der Waals surface area (Å²) in [7, 11) is 0. The molecule has 0 saturated heterocycles. The Morgan fingerprint density at radius 1 is 0.184 bits per heavy atom. The summed E-state index contributed by atoms with van der Waals surface area (Å²) in [5.74, 6) is 0.687. The highest BCUT2D eigenvalue weighted by Crippen LogP contribution is 2.41. The van der Waals surface area contributed by atoms with Gasteiger partial charge in [0.15, 0.2) is 5.82 Å². The average Bonchev–Trinajstić information content (AvgIpc) is 1.53. The van der Waals surface area contributed by atoms with E-state index in [0.717, 1.165) is 186 Å². The second-order valence-corrected chi connectivity index (χ2v) is 30.4. The first-order chi connectivity index (χ1) is 56.2. The molecule has 0 fully saturated rings. The third kappa shape index (κ3) is 14.2. The van der Waals surface area contributed by atoms with Crippen molar-refractivity contribution in [3.05, 3.63) is 408 Å². The maximum atomic E-state index is 5.13. The molecule has 10 nitrogen and oxygen atoms in total. The zero-order valence-electron chi connectivity index (χ0n) is 61.1. The summed E-state index contributed by atoms with van der Waals surface area (Å²) in [4.78, 5) is 34.3. The molecule has 21 aromatic rings. The number of aromatic nitrogens is 10. The van der Waals surface area contributed by atoms with Gasteiger partial charge in [-0.2, -0.15) is 0 Å². The molecule has 0 aliphatic heterocycles. The molecular weight excluding hydrogens is 1590 g/mol. The normalized spacial score (nSPS) is 11.3. The highest BCUT2D eigenvalue weighted by molar-refractivity contribution is 9.11. The molecule has 540 valence electrons. The Hall–Kier alpha value is -13.7. The number of benzene rings is 12. The minimum atomic E-state index is 0.687. The third-order valence-corrected chi connectivity index (χ3v) is 22.0. The van der Waals surface area contributed by atoms with E-state index in [1.165, 1.54) is 5.56 Å². The maximum absolute atomic E-state index is 5.13. The number of nitrogens with zero attached hydrogens (tertiary/aromatic N) is 10. The Bertz CT molecular complexity index is 6290. The van der Waals surface area contributed by atoms with E-state index in [4.69, 9.17) is 34.9 Å². The number of fused-ring (bicyclic) bond motifs is 9. The van der Waals surface area contributed by atoms with Gasteiger partial charge in [0, 0.05) is 104 Å². The second-order valence-electron chi connectivity index (χ2n) is 27.7. The summed E-state index contributed by atoms with van der Waals surface area (Å²) >= 11 is 11.0. The van der Waals surface area contributed by atoms with Crippen LogP contribution in [0, 0.1) is 0 Å². The molecule has 0 saturated carbocycles. The summed E-state index contributed by atoms with van der Waals surface area (Å²) in [6.07, 6.45) is 5.56. The molecule has 0 radical (unpaired) electrons. The first kappa shape index (κ1) is 70.7. The van der Waals surface area contributed by atoms with Crippen molar-refractivity contribution in [3.63, 3.8) is 0 Å². The van der Waals surface area contributed by atoms with E-state index in [1.54, 1.807) is 0 Å². The monoisotopic (exact) mass is 1650 g/mol. The summed E-state index contributed by atoms with van der Waals surface area (Å²) in [6, 6.07) is 130. The van der Waals surface area contributed by atoms with Crippen molar-refractivity contribution < 1.29 is 0 Å². The smallest absolute Gasteiger partial charge is 0.160 e. The van der Waals surface area contributed by atoms with Gasteiger partial charge in [0.1, 0.15) is 0 Å². The van der Waals surface area contributed by atoms with Crippen LogP contribution in [0.15, 0.2) is 408 Å². The molecule has 13 heteroatoms. The minimum absolute atomic E-state index is 0.687. The van der Waals surface area contributed by atoms with Gasteiger partial charge in [-0.3, -0.25) is 15.0 Å². The number of pyridine rings is 5. The fourth-order valence-electron chi connectivity index (χ4n) is 15.2. The van der Waals surface area contributed by atoms with E-state index >= 15 is 0 Å². The number of halogens is 3. The lowest BCUT2D eigenvalue weighted by Crippen LogP contribution is -1.98. The highest BCUT2D eigenvalue weighted by Gasteiger charge is 2.21. The van der Waals surface area contributed by atoms with Crippen molar-refractivity contribution in [3.8, 4) is 118 Å². The van der Waals surface area contributed by atoms with Gasteiger partial charge in [0.25, 0.3) is 0 Å². The Balaban J connectivity index is 0.000000115. The molecule has 0 aliphatic rings. The van der Waals surface area contributed by atoms with Crippen LogP contribution in [0.2, 0.25) is 0 Å². The summed E-state index contributed by atoms with van der Waals surface area (Å²) in [5, 5.41) is 3.38. The predicted molar refractivity (Wildman–Crippen MR) is 479 cm³/mol. The van der Waals surface area contributed by atoms with Crippen LogP contribution in [0.1, 0.15) is 0 Å². The summed E-state index contributed by atoms with van der Waals surface area (Å²) < 4.78 is 9.94. The lowest BCUT2D eigenvalue weighted by atomic mass is 9.99.